The van der Waals surface area contributed by atoms with Crippen LogP contribution in [-0.2, 0) is 4.74 Å². The average Bonchev–Trinajstić information content (AvgIpc) is 3.68. The Hall–Kier alpha value is -1.90. The van der Waals surface area contributed by atoms with Crippen molar-refractivity contribution in [1.82, 2.24) is 4.90 Å². The molecule has 5 fully saturated rings. The molecule has 7 aliphatic rings. The maximum absolute atomic E-state index is 7.63. The second-order valence-electron chi connectivity index (χ2n) is 14.1. The van der Waals surface area contributed by atoms with Gasteiger partial charge in [-0.2, -0.15) is 0 Å². The van der Waals surface area contributed by atoms with Crippen molar-refractivity contribution in [2.24, 2.45) is 11.3 Å². The van der Waals surface area contributed by atoms with Gasteiger partial charge in [0.15, 0.2) is 0 Å². The summed E-state index contributed by atoms with van der Waals surface area (Å²) in [6.45, 7) is 2.62. The highest BCUT2D eigenvalue weighted by Gasteiger charge is 2.67. The molecule has 2 nitrogen and oxygen atoms in total. The van der Waals surface area contributed by atoms with Gasteiger partial charge in [0.2, 0.25) is 0 Å². The van der Waals surface area contributed by atoms with E-state index in [9.17, 15) is 0 Å². The molecule has 192 valence electrons. The Labute approximate surface area is 222 Å². The predicted octanol–water partition coefficient (Wildman–Crippen LogP) is 8.08. The van der Waals surface area contributed by atoms with Gasteiger partial charge in [-0.1, -0.05) is 61.5 Å². The van der Waals surface area contributed by atoms with Crippen molar-refractivity contribution in [2.45, 2.75) is 119 Å². The summed E-state index contributed by atoms with van der Waals surface area (Å²) < 4.78 is 7.63. The molecule has 4 heterocycles. The van der Waals surface area contributed by atoms with Crippen LogP contribution in [0.15, 0.2) is 65.8 Å². The number of benzene rings is 2. The summed E-state index contributed by atoms with van der Waals surface area (Å²) in [5.74, 6) is 1.26. The molecule has 2 saturated carbocycles. The fourth-order valence-corrected chi connectivity index (χ4v) is 11.2. The highest BCUT2D eigenvalue weighted by Crippen LogP contribution is 2.69. The molecule has 2 spiro atoms. The molecule has 2 heteroatoms. The Bertz CT molecular complexity index is 1340. The van der Waals surface area contributed by atoms with E-state index >= 15 is 0 Å². The van der Waals surface area contributed by atoms with Crippen LogP contribution >= 0.6 is 0 Å². The molecule has 9 rings (SSSR count). The van der Waals surface area contributed by atoms with Crippen LogP contribution in [0.3, 0.4) is 0 Å². The summed E-state index contributed by atoms with van der Waals surface area (Å²) in [6, 6.07) is 18.7. The van der Waals surface area contributed by atoms with Crippen molar-refractivity contribution >= 4 is 10.8 Å². The van der Waals surface area contributed by atoms with Crippen LogP contribution in [-0.4, -0.2) is 34.2 Å². The molecule has 4 aliphatic heterocycles. The van der Waals surface area contributed by atoms with Crippen LogP contribution in [0.5, 0.6) is 0 Å². The predicted molar refractivity (Wildman–Crippen MR) is 150 cm³/mol. The van der Waals surface area contributed by atoms with Gasteiger partial charge in [-0.05, 0) is 122 Å². The first kappa shape index (κ1) is 22.0. The van der Waals surface area contributed by atoms with E-state index < -0.39 is 0 Å². The lowest BCUT2D eigenvalue weighted by Gasteiger charge is -2.55. The molecule has 0 N–H and O–H groups in total. The smallest absolute Gasteiger partial charge is 0.0974 e. The van der Waals surface area contributed by atoms with E-state index in [0.29, 0.717) is 11.8 Å². The summed E-state index contributed by atoms with van der Waals surface area (Å²) >= 11 is 0. The lowest BCUT2D eigenvalue weighted by molar-refractivity contribution is -0.141. The van der Waals surface area contributed by atoms with E-state index in [1.807, 2.05) is 0 Å². The van der Waals surface area contributed by atoms with Crippen molar-refractivity contribution in [3.8, 4) is 0 Å². The van der Waals surface area contributed by atoms with E-state index in [4.69, 9.17) is 4.74 Å². The van der Waals surface area contributed by atoms with Gasteiger partial charge >= 0.3 is 0 Å². The largest absolute Gasteiger partial charge is 0.359 e. The molecular weight excluding hydrogens is 450 g/mol. The minimum atomic E-state index is -0.0338. The van der Waals surface area contributed by atoms with E-state index in [1.165, 1.54) is 87.8 Å². The monoisotopic (exact) mass is 491 g/mol. The van der Waals surface area contributed by atoms with Gasteiger partial charge < -0.3 is 4.74 Å². The molecule has 2 aromatic carbocycles. The highest BCUT2D eigenvalue weighted by atomic mass is 16.5. The third kappa shape index (κ3) is 2.80. The molecule has 2 aromatic rings. The van der Waals surface area contributed by atoms with Gasteiger partial charge in [-0.3, -0.25) is 4.90 Å². The van der Waals surface area contributed by atoms with Gasteiger partial charge in [-0.15, -0.1) is 0 Å². The van der Waals surface area contributed by atoms with Gasteiger partial charge in [0.25, 0.3) is 0 Å². The van der Waals surface area contributed by atoms with Crippen molar-refractivity contribution in [3.63, 3.8) is 0 Å². The maximum atomic E-state index is 7.63. The summed E-state index contributed by atoms with van der Waals surface area (Å²) in [4.78, 5) is 2.99. The van der Waals surface area contributed by atoms with E-state index in [-0.39, 0.29) is 16.6 Å². The van der Waals surface area contributed by atoms with Crippen LogP contribution in [0.2, 0.25) is 0 Å². The van der Waals surface area contributed by atoms with E-state index in [0.717, 1.165) is 18.1 Å². The minimum Gasteiger partial charge on any atom is -0.359 e. The third-order valence-electron chi connectivity index (χ3n) is 12.8. The molecule has 2 unspecified atom stereocenters. The Kier molecular flexibility index (Phi) is 4.39. The zero-order valence-corrected chi connectivity index (χ0v) is 22.4. The van der Waals surface area contributed by atoms with Crippen molar-refractivity contribution < 1.29 is 4.74 Å². The Morgan fingerprint density at radius 2 is 1.65 bits per heavy atom. The number of rotatable bonds is 2. The number of hydrogen-bond donors (Lipinski definition) is 0. The first-order valence-corrected chi connectivity index (χ1v) is 15.5. The Morgan fingerprint density at radius 1 is 0.838 bits per heavy atom. The molecule has 0 radical (unpaired) electrons. The maximum Gasteiger partial charge on any atom is 0.0974 e. The zero-order valence-electron chi connectivity index (χ0n) is 22.4. The van der Waals surface area contributed by atoms with Gasteiger partial charge in [0.1, 0.15) is 0 Å². The molecule has 0 amide bonds. The second-order valence-corrected chi connectivity index (χ2v) is 14.1. The van der Waals surface area contributed by atoms with Crippen molar-refractivity contribution in [3.05, 3.63) is 71.3 Å². The van der Waals surface area contributed by atoms with E-state index in [2.05, 4.69) is 66.4 Å². The number of fused-ring (bicyclic) bond motifs is 4. The second kappa shape index (κ2) is 7.39. The zero-order chi connectivity index (χ0) is 24.4. The SMILES string of the molecule is C[C@]12CC=C3C=C4CC[C@H](N5C6CCC5CC6)C[C@]45CCC3(O5)[C@@H]1CCC2c1ccc2ccccc2c1. The van der Waals surface area contributed by atoms with Crippen LogP contribution in [0.1, 0.15) is 95.5 Å². The van der Waals surface area contributed by atoms with Crippen molar-refractivity contribution in [1.29, 1.82) is 0 Å². The van der Waals surface area contributed by atoms with Crippen LogP contribution in [0.25, 0.3) is 10.8 Å². The number of allylic oxidation sites excluding steroid dienone is 1. The first-order valence-electron chi connectivity index (χ1n) is 15.5. The summed E-state index contributed by atoms with van der Waals surface area (Å²) in [5, 5.41) is 2.75. The molecule has 6 atom stereocenters. The minimum absolute atomic E-state index is 0.0293. The fourth-order valence-electron chi connectivity index (χ4n) is 11.2. The van der Waals surface area contributed by atoms with Gasteiger partial charge in [0.05, 0.1) is 11.2 Å². The summed E-state index contributed by atoms with van der Waals surface area (Å²) in [6.07, 6.45) is 21.3. The van der Waals surface area contributed by atoms with Crippen LogP contribution in [0, 0.1) is 11.3 Å². The average molecular weight is 492 g/mol. The van der Waals surface area contributed by atoms with Gasteiger partial charge in [0, 0.05) is 18.1 Å². The lowest BCUT2D eigenvalue weighted by atomic mass is 9.58. The Morgan fingerprint density at radius 3 is 2.49 bits per heavy atom. The molecule has 4 bridgehead atoms. The van der Waals surface area contributed by atoms with E-state index in [1.54, 1.807) is 16.7 Å². The standard InChI is InChI=1S/C35H41NO/c1-33-17-16-27-21-26-8-9-30(36-28-10-11-29(36)13-12-28)22-34(26)18-19-35(27,37-34)32(33)15-14-31(33)25-7-6-23-4-2-3-5-24(23)20-25/h2-7,16,20-21,28-32H,8-15,17-19,22H2,1H3/t28?,29?,30-,31?,32+,33+,34+,35?/m0/s1. The Balaban J connectivity index is 1.06. The normalized spacial score (nSPS) is 45.9. The van der Waals surface area contributed by atoms with Crippen molar-refractivity contribution in [2.75, 3.05) is 0 Å². The first-order chi connectivity index (χ1) is 18.1. The molecule has 0 aromatic heterocycles. The quantitative estimate of drug-likeness (QED) is 0.421. The summed E-state index contributed by atoms with van der Waals surface area (Å²) in [5.41, 5.74) is 5.05. The lowest BCUT2D eigenvalue weighted by Crippen LogP contribution is -2.55. The number of ether oxygens (including phenoxy) is 1. The summed E-state index contributed by atoms with van der Waals surface area (Å²) in [7, 11) is 0. The molecule has 3 saturated heterocycles. The molecular formula is C35H41NO. The molecule has 37 heavy (non-hydrogen) atoms. The fraction of sp³-hybridized carbons (Fsp3) is 0.600. The van der Waals surface area contributed by atoms with Gasteiger partial charge in [-0.25, -0.2) is 0 Å². The molecule has 3 aliphatic carbocycles. The third-order valence-corrected chi connectivity index (χ3v) is 12.8. The van der Waals surface area contributed by atoms with Crippen LogP contribution in [0.4, 0.5) is 0 Å². The number of nitrogens with zero attached hydrogens (tertiary/aromatic N) is 1. The number of hydrogen-bond acceptors (Lipinski definition) is 2. The highest BCUT2D eigenvalue weighted by molar-refractivity contribution is 5.83. The topological polar surface area (TPSA) is 12.5 Å². The van der Waals surface area contributed by atoms with Crippen LogP contribution < -0.4 is 0 Å².